The lowest BCUT2D eigenvalue weighted by atomic mass is 10.1. The van der Waals surface area contributed by atoms with Crippen molar-refractivity contribution in [3.05, 3.63) is 64.2 Å². The molecule has 0 N–H and O–H groups in total. The first kappa shape index (κ1) is 15.3. The van der Waals surface area contributed by atoms with Gasteiger partial charge in [-0.25, -0.2) is 0 Å². The lowest BCUT2D eigenvalue weighted by molar-refractivity contribution is -0.384. The minimum atomic E-state index is -0.299. The second-order valence-corrected chi connectivity index (χ2v) is 6.07. The summed E-state index contributed by atoms with van der Waals surface area (Å²) in [6.45, 7) is 6.68. The molecule has 1 saturated heterocycles. The minimum Gasteiger partial charge on any atom is -0.365 e. The molecule has 1 aliphatic heterocycles. The van der Waals surface area contributed by atoms with Crippen molar-refractivity contribution in [3.63, 3.8) is 0 Å². The first-order valence-corrected chi connectivity index (χ1v) is 7.88. The van der Waals surface area contributed by atoms with Crippen LogP contribution >= 0.6 is 0 Å². The SMILES string of the molecule is Cc1cccc(N2CCN(c3ccccc3[N+](=O)[O-])C[C@H]2C)c1. The van der Waals surface area contributed by atoms with Crippen molar-refractivity contribution in [2.45, 2.75) is 19.9 Å². The van der Waals surface area contributed by atoms with E-state index in [0.29, 0.717) is 11.7 Å². The highest BCUT2D eigenvalue weighted by molar-refractivity contribution is 5.64. The van der Waals surface area contributed by atoms with Gasteiger partial charge in [0.1, 0.15) is 5.69 Å². The van der Waals surface area contributed by atoms with Gasteiger partial charge in [-0.1, -0.05) is 24.3 Å². The molecule has 120 valence electrons. The summed E-state index contributed by atoms with van der Waals surface area (Å²) >= 11 is 0. The highest BCUT2D eigenvalue weighted by Crippen LogP contribution is 2.30. The van der Waals surface area contributed by atoms with Gasteiger partial charge in [0.05, 0.1) is 4.92 Å². The first-order chi connectivity index (χ1) is 11.1. The number of anilines is 2. The van der Waals surface area contributed by atoms with Crippen molar-refractivity contribution in [2.75, 3.05) is 29.4 Å². The zero-order valence-electron chi connectivity index (χ0n) is 13.5. The lowest BCUT2D eigenvalue weighted by Gasteiger charge is -2.42. The number of benzene rings is 2. The summed E-state index contributed by atoms with van der Waals surface area (Å²) in [5, 5.41) is 11.2. The molecule has 0 spiro atoms. The van der Waals surface area contributed by atoms with Gasteiger partial charge < -0.3 is 9.80 Å². The zero-order valence-corrected chi connectivity index (χ0v) is 13.5. The van der Waals surface area contributed by atoms with Crippen molar-refractivity contribution in [2.24, 2.45) is 0 Å². The van der Waals surface area contributed by atoms with Crippen LogP contribution in [0.5, 0.6) is 0 Å². The zero-order chi connectivity index (χ0) is 16.4. The van der Waals surface area contributed by atoms with Crippen LogP contribution in [0.25, 0.3) is 0 Å². The summed E-state index contributed by atoms with van der Waals surface area (Å²) in [6.07, 6.45) is 0. The van der Waals surface area contributed by atoms with E-state index in [9.17, 15) is 10.1 Å². The van der Waals surface area contributed by atoms with E-state index in [0.717, 1.165) is 19.6 Å². The molecule has 1 aliphatic rings. The van der Waals surface area contributed by atoms with Crippen molar-refractivity contribution in [3.8, 4) is 0 Å². The molecule has 0 radical (unpaired) electrons. The van der Waals surface area contributed by atoms with Crippen LogP contribution in [0.2, 0.25) is 0 Å². The smallest absolute Gasteiger partial charge is 0.292 e. The average molecular weight is 311 g/mol. The van der Waals surface area contributed by atoms with Crippen LogP contribution in [0.15, 0.2) is 48.5 Å². The normalized spacial score (nSPS) is 18.1. The number of piperazine rings is 1. The molecule has 1 fully saturated rings. The maximum atomic E-state index is 11.2. The Morgan fingerprint density at radius 1 is 1.13 bits per heavy atom. The number of para-hydroxylation sites is 2. The fourth-order valence-electron chi connectivity index (χ4n) is 3.25. The Morgan fingerprint density at radius 3 is 2.61 bits per heavy atom. The summed E-state index contributed by atoms with van der Waals surface area (Å²) in [5.41, 5.74) is 3.37. The molecule has 0 saturated carbocycles. The van der Waals surface area contributed by atoms with Gasteiger partial charge in [0, 0.05) is 37.4 Å². The predicted octanol–water partition coefficient (Wildman–Crippen LogP) is 3.62. The lowest BCUT2D eigenvalue weighted by Crippen LogP contribution is -2.52. The number of nitrogens with zero attached hydrogens (tertiary/aromatic N) is 3. The van der Waals surface area contributed by atoms with Crippen LogP contribution in [-0.4, -0.2) is 30.6 Å². The molecule has 2 aromatic carbocycles. The Labute approximate surface area is 136 Å². The fourth-order valence-corrected chi connectivity index (χ4v) is 3.25. The molecule has 5 heteroatoms. The number of rotatable bonds is 3. The van der Waals surface area contributed by atoms with Crippen LogP contribution < -0.4 is 9.80 Å². The maximum absolute atomic E-state index is 11.2. The fraction of sp³-hybridized carbons (Fsp3) is 0.333. The van der Waals surface area contributed by atoms with Gasteiger partial charge in [-0.15, -0.1) is 0 Å². The van der Waals surface area contributed by atoms with Gasteiger partial charge in [-0.2, -0.15) is 0 Å². The maximum Gasteiger partial charge on any atom is 0.292 e. The molecule has 0 unspecified atom stereocenters. The van der Waals surface area contributed by atoms with E-state index in [2.05, 4.69) is 47.9 Å². The molecule has 0 bridgehead atoms. The van der Waals surface area contributed by atoms with Crippen molar-refractivity contribution in [1.29, 1.82) is 0 Å². The molecule has 0 aliphatic carbocycles. The third kappa shape index (κ3) is 3.13. The van der Waals surface area contributed by atoms with Gasteiger partial charge >= 0.3 is 0 Å². The average Bonchev–Trinajstić information content (AvgIpc) is 2.54. The van der Waals surface area contributed by atoms with Crippen LogP contribution in [0.3, 0.4) is 0 Å². The van der Waals surface area contributed by atoms with Crippen LogP contribution in [-0.2, 0) is 0 Å². The summed E-state index contributed by atoms with van der Waals surface area (Å²) < 4.78 is 0. The Hall–Kier alpha value is -2.56. The van der Waals surface area contributed by atoms with Crippen molar-refractivity contribution >= 4 is 17.1 Å². The van der Waals surface area contributed by atoms with Crippen LogP contribution in [0.4, 0.5) is 17.1 Å². The highest BCUT2D eigenvalue weighted by Gasteiger charge is 2.27. The van der Waals surface area contributed by atoms with E-state index in [1.165, 1.54) is 11.3 Å². The third-order valence-electron chi connectivity index (χ3n) is 4.38. The van der Waals surface area contributed by atoms with Gasteiger partial charge in [-0.3, -0.25) is 10.1 Å². The van der Waals surface area contributed by atoms with Crippen molar-refractivity contribution in [1.82, 2.24) is 0 Å². The summed E-state index contributed by atoms with van der Waals surface area (Å²) in [6, 6.07) is 15.8. The molecular weight excluding hydrogens is 290 g/mol. The Morgan fingerprint density at radius 2 is 1.91 bits per heavy atom. The number of hydrogen-bond acceptors (Lipinski definition) is 4. The summed E-state index contributed by atoms with van der Waals surface area (Å²) in [4.78, 5) is 15.4. The van der Waals surface area contributed by atoms with Crippen LogP contribution in [0.1, 0.15) is 12.5 Å². The van der Waals surface area contributed by atoms with Gasteiger partial charge in [0.2, 0.25) is 0 Å². The van der Waals surface area contributed by atoms with Crippen LogP contribution in [0, 0.1) is 17.0 Å². The number of nitro groups is 1. The number of aryl methyl sites for hydroxylation is 1. The van der Waals surface area contributed by atoms with Crippen molar-refractivity contribution < 1.29 is 4.92 Å². The molecule has 23 heavy (non-hydrogen) atoms. The summed E-state index contributed by atoms with van der Waals surface area (Å²) in [5.74, 6) is 0. The van der Waals surface area contributed by atoms with E-state index >= 15 is 0 Å². The minimum absolute atomic E-state index is 0.184. The van der Waals surface area contributed by atoms with Gasteiger partial charge in [-0.05, 0) is 37.6 Å². The Kier molecular flexibility index (Phi) is 4.19. The largest absolute Gasteiger partial charge is 0.365 e. The van der Waals surface area contributed by atoms with E-state index in [4.69, 9.17) is 0 Å². The first-order valence-electron chi connectivity index (χ1n) is 7.88. The Balaban J connectivity index is 1.80. The standard InChI is InChI=1S/C18H21N3O2/c1-14-6-5-7-16(12-14)20-11-10-19(13-15(20)2)17-8-3-4-9-18(17)21(22)23/h3-9,12,15H,10-11,13H2,1-2H3/t15-/m1/s1. The third-order valence-corrected chi connectivity index (χ3v) is 4.38. The quantitative estimate of drug-likeness (QED) is 0.642. The molecule has 3 rings (SSSR count). The molecule has 1 atom stereocenters. The molecule has 2 aromatic rings. The van der Waals surface area contributed by atoms with E-state index in [1.54, 1.807) is 12.1 Å². The number of nitro benzene ring substituents is 1. The second-order valence-electron chi connectivity index (χ2n) is 6.07. The number of hydrogen-bond donors (Lipinski definition) is 0. The monoisotopic (exact) mass is 311 g/mol. The highest BCUT2D eigenvalue weighted by atomic mass is 16.6. The second kappa shape index (κ2) is 6.28. The van der Waals surface area contributed by atoms with E-state index < -0.39 is 0 Å². The topological polar surface area (TPSA) is 49.6 Å². The molecule has 0 amide bonds. The molecule has 5 nitrogen and oxygen atoms in total. The van der Waals surface area contributed by atoms with Gasteiger partial charge in [0.25, 0.3) is 5.69 Å². The predicted molar refractivity (Wildman–Crippen MR) is 93.3 cm³/mol. The van der Waals surface area contributed by atoms with E-state index in [1.807, 2.05) is 12.1 Å². The van der Waals surface area contributed by atoms with Gasteiger partial charge in [0.15, 0.2) is 0 Å². The molecular formula is C18H21N3O2. The molecule has 0 aromatic heterocycles. The van der Waals surface area contributed by atoms with E-state index in [-0.39, 0.29) is 10.6 Å². The molecule has 1 heterocycles. The Bertz CT molecular complexity index is 717. The summed E-state index contributed by atoms with van der Waals surface area (Å²) in [7, 11) is 0.